The number of benzene rings is 1. The molecule has 0 aliphatic heterocycles. The van der Waals surface area contributed by atoms with Crippen LogP contribution in [0, 0.1) is 0 Å². The van der Waals surface area contributed by atoms with Crippen molar-refractivity contribution in [3.8, 4) is 11.4 Å². The monoisotopic (exact) mass is 448 g/mol. The van der Waals surface area contributed by atoms with Gasteiger partial charge in [0.05, 0.1) is 40.8 Å². The Kier molecular flexibility index (Phi) is 4.62. The Morgan fingerprint density at radius 1 is 0.853 bits per heavy atom. The molecule has 5 aromatic heterocycles. The molecule has 0 fully saturated rings. The third-order valence-corrected chi connectivity index (χ3v) is 5.18. The lowest BCUT2D eigenvalue weighted by molar-refractivity contribution is 0.102. The molecule has 4 N–H and O–H groups in total. The Bertz CT molecular complexity index is 1640. The van der Waals surface area contributed by atoms with Crippen molar-refractivity contribution >= 4 is 45.0 Å². The van der Waals surface area contributed by atoms with Gasteiger partial charge < -0.3 is 15.6 Å². The van der Waals surface area contributed by atoms with Crippen LogP contribution < -0.4 is 10.6 Å². The van der Waals surface area contributed by atoms with Gasteiger partial charge in [-0.15, -0.1) is 0 Å². The second-order valence-electron chi connectivity index (χ2n) is 7.49. The number of nitrogens with zero attached hydrogens (tertiary/aromatic N) is 6. The number of pyridine rings is 1. The molecular weight excluding hydrogens is 432 g/mol. The molecule has 164 valence electrons. The number of aromatic amines is 2. The average molecular weight is 448 g/mol. The van der Waals surface area contributed by atoms with Gasteiger partial charge in [0.1, 0.15) is 11.5 Å². The third-order valence-electron chi connectivity index (χ3n) is 5.18. The number of hydrogen-bond acceptors (Lipinski definition) is 8. The number of fused-ring (bicyclic) bond motifs is 2. The highest BCUT2D eigenvalue weighted by Gasteiger charge is 2.13. The molecular formula is C23H16N10O. The van der Waals surface area contributed by atoms with Gasteiger partial charge in [-0.05, 0) is 42.5 Å². The van der Waals surface area contributed by atoms with Crippen molar-refractivity contribution in [2.75, 3.05) is 10.6 Å². The van der Waals surface area contributed by atoms with Crippen molar-refractivity contribution in [2.24, 2.45) is 0 Å². The minimum absolute atomic E-state index is 0.301. The molecule has 0 radical (unpaired) electrons. The maximum Gasteiger partial charge on any atom is 0.272 e. The summed E-state index contributed by atoms with van der Waals surface area (Å²) in [7, 11) is 0. The summed E-state index contributed by atoms with van der Waals surface area (Å²) in [6.45, 7) is 0. The van der Waals surface area contributed by atoms with Crippen LogP contribution in [-0.2, 0) is 0 Å². The molecule has 11 heteroatoms. The highest BCUT2D eigenvalue weighted by atomic mass is 16.1. The molecule has 1 aromatic carbocycles. The molecule has 0 aliphatic carbocycles. The van der Waals surface area contributed by atoms with Crippen molar-refractivity contribution in [1.82, 2.24) is 40.3 Å². The first-order valence-corrected chi connectivity index (χ1v) is 10.3. The molecule has 0 saturated heterocycles. The second-order valence-corrected chi connectivity index (χ2v) is 7.49. The Balaban J connectivity index is 1.25. The lowest BCUT2D eigenvalue weighted by Gasteiger charge is -2.07. The lowest BCUT2D eigenvalue weighted by atomic mass is 10.2. The molecule has 1 amide bonds. The van der Waals surface area contributed by atoms with Crippen molar-refractivity contribution < 1.29 is 4.79 Å². The zero-order valence-corrected chi connectivity index (χ0v) is 17.5. The van der Waals surface area contributed by atoms with Gasteiger partial charge in [-0.1, -0.05) is 0 Å². The summed E-state index contributed by atoms with van der Waals surface area (Å²) in [5.41, 5.74) is 4.85. The van der Waals surface area contributed by atoms with E-state index < -0.39 is 0 Å². The van der Waals surface area contributed by atoms with E-state index in [0.717, 1.165) is 16.6 Å². The Hall–Kier alpha value is -5.19. The largest absolute Gasteiger partial charge is 0.349 e. The number of anilines is 3. The molecule has 0 atom stereocenters. The molecule has 0 unspecified atom stereocenters. The van der Waals surface area contributed by atoms with Gasteiger partial charge in [-0.3, -0.25) is 14.9 Å². The van der Waals surface area contributed by atoms with E-state index in [1.807, 2.05) is 24.3 Å². The van der Waals surface area contributed by atoms with E-state index in [2.05, 4.69) is 51.0 Å². The smallest absolute Gasteiger partial charge is 0.272 e. The number of nitrogens with one attached hydrogen (secondary N) is 4. The number of rotatable bonds is 5. The molecule has 34 heavy (non-hydrogen) atoms. The first-order valence-electron chi connectivity index (χ1n) is 10.3. The third kappa shape index (κ3) is 3.77. The van der Waals surface area contributed by atoms with Crippen molar-refractivity contribution in [3.05, 3.63) is 79.1 Å². The minimum Gasteiger partial charge on any atom is -0.349 e. The molecule has 0 spiro atoms. The first-order chi connectivity index (χ1) is 16.7. The summed E-state index contributed by atoms with van der Waals surface area (Å²) >= 11 is 0. The number of amides is 1. The maximum atomic E-state index is 12.6. The fraction of sp³-hybridized carbons (Fsp3) is 0. The summed E-state index contributed by atoms with van der Waals surface area (Å²) < 4.78 is 0. The van der Waals surface area contributed by atoms with E-state index in [-0.39, 0.29) is 5.91 Å². The van der Waals surface area contributed by atoms with Crippen LogP contribution in [0.25, 0.3) is 33.3 Å². The topological polar surface area (TPSA) is 150 Å². The number of carbonyl (C=O) groups is 1. The molecule has 5 heterocycles. The molecule has 11 nitrogen and oxygen atoms in total. The summed E-state index contributed by atoms with van der Waals surface area (Å²) in [6, 6.07) is 12.9. The van der Waals surface area contributed by atoms with E-state index in [9.17, 15) is 4.79 Å². The van der Waals surface area contributed by atoms with Gasteiger partial charge in [0.2, 0.25) is 0 Å². The van der Waals surface area contributed by atoms with Crippen LogP contribution in [0.15, 0.2) is 73.4 Å². The summed E-state index contributed by atoms with van der Waals surface area (Å²) in [4.78, 5) is 29.1. The van der Waals surface area contributed by atoms with Crippen LogP contribution in [-0.4, -0.2) is 46.2 Å². The van der Waals surface area contributed by atoms with Gasteiger partial charge in [-0.2, -0.15) is 15.3 Å². The predicted molar refractivity (Wildman–Crippen MR) is 126 cm³/mol. The van der Waals surface area contributed by atoms with E-state index >= 15 is 0 Å². The average Bonchev–Trinajstić information content (AvgIpc) is 3.51. The standard InChI is InChI=1S/C23H16N10O/c34-23(30-16-3-6-26-27-12-16)20-9-18-19(31-20)8-14(10-25-18)22-24-5-4-21(32-22)29-15-1-2-17-13(7-15)11-28-33-17/h1-12,31H,(H,28,33)(H,24,29,32)(H,26,30,34). The molecule has 6 aromatic rings. The van der Waals surface area contributed by atoms with Crippen molar-refractivity contribution in [1.29, 1.82) is 0 Å². The van der Waals surface area contributed by atoms with E-state index in [0.29, 0.717) is 39.6 Å². The fourth-order valence-electron chi connectivity index (χ4n) is 3.55. The SMILES string of the molecule is O=C(Nc1ccnnc1)c1cc2ncc(-c3nccc(Nc4ccc5[nH]ncc5c4)n3)cc2[nH]1. The van der Waals surface area contributed by atoms with Crippen LogP contribution in [0.2, 0.25) is 0 Å². The molecule has 0 saturated carbocycles. The molecule has 0 aliphatic rings. The number of aromatic nitrogens is 8. The number of H-pyrrole nitrogens is 2. The van der Waals surface area contributed by atoms with Gasteiger partial charge in [-0.25, -0.2) is 9.97 Å². The molecule has 6 rings (SSSR count). The fourth-order valence-corrected chi connectivity index (χ4v) is 3.55. The summed E-state index contributed by atoms with van der Waals surface area (Å²) in [6.07, 6.45) is 8.12. The van der Waals surface area contributed by atoms with Gasteiger partial charge in [0.15, 0.2) is 5.82 Å². The van der Waals surface area contributed by atoms with Crippen molar-refractivity contribution in [2.45, 2.75) is 0 Å². The van der Waals surface area contributed by atoms with E-state index in [1.165, 1.54) is 12.4 Å². The molecule has 0 bridgehead atoms. The summed E-state index contributed by atoms with van der Waals surface area (Å²) in [5.74, 6) is 0.849. The predicted octanol–water partition coefficient (Wildman–Crippen LogP) is 3.68. The lowest BCUT2D eigenvalue weighted by Crippen LogP contribution is -2.12. The quantitative estimate of drug-likeness (QED) is 0.312. The first kappa shape index (κ1) is 19.5. The Morgan fingerprint density at radius 2 is 1.82 bits per heavy atom. The minimum atomic E-state index is -0.301. The van der Waals surface area contributed by atoms with E-state index in [4.69, 9.17) is 0 Å². The van der Waals surface area contributed by atoms with Crippen LogP contribution >= 0.6 is 0 Å². The van der Waals surface area contributed by atoms with Gasteiger partial charge >= 0.3 is 0 Å². The van der Waals surface area contributed by atoms with Crippen LogP contribution in [0.4, 0.5) is 17.2 Å². The highest BCUT2D eigenvalue weighted by molar-refractivity contribution is 6.05. The number of carbonyl (C=O) groups excluding carboxylic acids is 1. The normalized spacial score (nSPS) is 11.1. The second kappa shape index (κ2) is 8.06. The Morgan fingerprint density at radius 3 is 2.74 bits per heavy atom. The van der Waals surface area contributed by atoms with Crippen LogP contribution in [0.1, 0.15) is 10.5 Å². The zero-order valence-electron chi connectivity index (χ0n) is 17.5. The van der Waals surface area contributed by atoms with E-state index in [1.54, 1.807) is 36.8 Å². The number of hydrogen-bond donors (Lipinski definition) is 4. The van der Waals surface area contributed by atoms with Crippen LogP contribution in [0.5, 0.6) is 0 Å². The van der Waals surface area contributed by atoms with Crippen LogP contribution in [0.3, 0.4) is 0 Å². The zero-order chi connectivity index (χ0) is 22.9. The summed E-state index contributed by atoms with van der Waals surface area (Å²) in [5, 5.41) is 21.5. The van der Waals surface area contributed by atoms with Crippen molar-refractivity contribution in [3.63, 3.8) is 0 Å². The van der Waals surface area contributed by atoms with Gasteiger partial charge in [0, 0.05) is 29.0 Å². The Labute approximate surface area is 191 Å². The highest BCUT2D eigenvalue weighted by Crippen LogP contribution is 2.24. The maximum absolute atomic E-state index is 12.6. The van der Waals surface area contributed by atoms with Gasteiger partial charge in [0.25, 0.3) is 5.91 Å².